The van der Waals surface area contributed by atoms with Gasteiger partial charge in [-0.2, -0.15) is 8.42 Å². The molecule has 2 heterocycles. The zero-order chi connectivity index (χ0) is 24.4. The van der Waals surface area contributed by atoms with Crippen LogP contribution in [-0.4, -0.2) is 106 Å². The summed E-state index contributed by atoms with van der Waals surface area (Å²) in [6, 6.07) is -4.62. The van der Waals surface area contributed by atoms with Crippen LogP contribution in [-0.2, 0) is 29.5 Å². The summed E-state index contributed by atoms with van der Waals surface area (Å²) in [6.07, 6.45) is -3.38. The highest BCUT2D eigenvalue weighted by Crippen LogP contribution is 2.25. The van der Waals surface area contributed by atoms with Gasteiger partial charge in [-0.3, -0.25) is 28.6 Å². The maximum absolute atomic E-state index is 12.5. The Morgan fingerprint density at radius 1 is 1.28 bits per heavy atom. The smallest absolute Gasteiger partial charge is 0.362 e. The van der Waals surface area contributed by atoms with E-state index in [1.54, 1.807) is 6.92 Å². The van der Waals surface area contributed by atoms with Crippen molar-refractivity contribution in [2.45, 2.75) is 38.2 Å². The number of imide groups is 1. The third kappa shape index (κ3) is 4.72. The number of piperazine rings is 1. The number of amides is 6. The number of rotatable bonds is 7. The van der Waals surface area contributed by atoms with Crippen LogP contribution in [0.1, 0.15) is 13.8 Å². The molecule has 0 spiro atoms. The summed E-state index contributed by atoms with van der Waals surface area (Å²) in [7, 11) is -5.08. The van der Waals surface area contributed by atoms with E-state index >= 15 is 0 Å². The molecule has 0 aromatic carbocycles. The highest BCUT2D eigenvalue weighted by atomic mass is 32.2. The molecule has 0 aromatic rings. The summed E-state index contributed by atoms with van der Waals surface area (Å²) in [6.45, 7) is 2.90. The molecule has 176 valence electrons. The predicted octanol–water partition coefficient (Wildman–Crippen LogP) is -3.10. The molecule has 0 saturated carbocycles. The van der Waals surface area contributed by atoms with E-state index in [1.165, 1.54) is 4.90 Å². The molecule has 0 radical (unpaired) electrons. The fourth-order valence-electron chi connectivity index (χ4n) is 3.03. The quantitative estimate of drug-likeness (QED) is 0.0725. The van der Waals surface area contributed by atoms with Crippen LogP contribution in [0.4, 0.5) is 4.79 Å². The third-order valence-electron chi connectivity index (χ3n) is 4.72. The van der Waals surface area contributed by atoms with Crippen LogP contribution >= 0.6 is 0 Å². The van der Waals surface area contributed by atoms with Crippen molar-refractivity contribution in [1.82, 2.24) is 24.7 Å². The lowest BCUT2D eigenvalue weighted by Crippen LogP contribution is -2.72. The summed E-state index contributed by atoms with van der Waals surface area (Å²) < 4.78 is 31.3. The van der Waals surface area contributed by atoms with Crippen molar-refractivity contribution in [3.8, 4) is 0 Å². The van der Waals surface area contributed by atoms with Crippen LogP contribution in [0.2, 0.25) is 0 Å². The van der Waals surface area contributed by atoms with E-state index in [4.69, 9.17) is 10.1 Å². The average Bonchev–Trinajstić information content (AvgIpc) is 2.70. The van der Waals surface area contributed by atoms with E-state index in [2.05, 4.69) is 15.3 Å². The first-order chi connectivity index (χ1) is 14.8. The number of urea groups is 1. The standard InChI is InChI=1S/C14H20N8O9S/c1-3-20-4-5-21(13(27)12(20)26)14(28)17-7(6(2)23)10(24)16-8-9(18-19-15)22(11(8)25)32(29,30)31/h6-9,23H,3-5H2,1-2H3,(H,16,24)(H,17,28)(H,29,30,31)/t6-,7?,8-,9-/m0/s1. The Hall–Kier alpha value is -3.47. The number of hydrogen-bond donors (Lipinski definition) is 4. The van der Waals surface area contributed by atoms with Crippen LogP contribution in [0.25, 0.3) is 10.4 Å². The number of likely N-dealkylation sites (N-methyl/N-ethyl adjacent to an activating group) is 1. The van der Waals surface area contributed by atoms with Crippen molar-refractivity contribution in [3.05, 3.63) is 10.4 Å². The first-order valence-electron chi connectivity index (χ1n) is 9.09. The van der Waals surface area contributed by atoms with Gasteiger partial charge in [-0.1, -0.05) is 5.11 Å². The first kappa shape index (κ1) is 24.8. The Bertz CT molecular complexity index is 992. The Labute approximate surface area is 180 Å². The number of carbonyl (C=O) groups excluding carboxylic acids is 5. The fourth-order valence-corrected chi connectivity index (χ4v) is 3.81. The summed E-state index contributed by atoms with van der Waals surface area (Å²) in [4.78, 5) is 65.1. The van der Waals surface area contributed by atoms with Crippen LogP contribution in [0.5, 0.6) is 0 Å². The third-order valence-corrected chi connectivity index (χ3v) is 5.61. The number of aliphatic hydroxyl groups excluding tert-OH is 1. The van der Waals surface area contributed by atoms with E-state index < -0.39 is 64.3 Å². The largest absolute Gasteiger partial charge is 0.391 e. The molecule has 2 aliphatic heterocycles. The molecule has 17 nitrogen and oxygen atoms in total. The van der Waals surface area contributed by atoms with Crippen molar-refractivity contribution in [3.63, 3.8) is 0 Å². The van der Waals surface area contributed by atoms with Crippen molar-refractivity contribution in [1.29, 1.82) is 0 Å². The first-order valence-corrected chi connectivity index (χ1v) is 10.5. The van der Waals surface area contributed by atoms with Crippen molar-refractivity contribution >= 4 is 40.0 Å². The van der Waals surface area contributed by atoms with Crippen LogP contribution in [0, 0.1) is 0 Å². The lowest BCUT2D eigenvalue weighted by Gasteiger charge is -2.42. The van der Waals surface area contributed by atoms with Gasteiger partial charge in [0.25, 0.3) is 5.91 Å². The predicted molar refractivity (Wildman–Crippen MR) is 101 cm³/mol. The van der Waals surface area contributed by atoms with E-state index in [-0.39, 0.29) is 23.9 Å². The van der Waals surface area contributed by atoms with Gasteiger partial charge in [0.1, 0.15) is 12.1 Å². The van der Waals surface area contributed by atoms with Crippen LogP contribution < -0.4 is 10.6 Å². The zero-order valence-corrected chi connectivity index (χ0v) is 17.6. The highest BCUT2D eigenvalue weighted by Gasteiger charge is 2.54. The average molecular weight is 476 g/mol. The monoisotopic (exact) mass is 476 g/mol. The van der Waals surface area contributed by atoms with Gasteiger partial charge in [-0.25, -0.2) is 9.10 Å². The summed E-state index contributed by atoms with van der Waals surface area (Å²) in [5, 5.41) is 17.0. The molecular formula is C14H20N8O9S. The van der Waals surface area contributed by atoms with Gasteiger partial charge in [-0.15, -0.1) is 0 Å². The molecule has 2 fully saturated rings. The lowest BCUT2D eigenvalue weighted by molar-refractivity contribution is -0.153. The van der Waals surface area contributed by atoms with Gasteiger partial charge < -0.3 is 20.6 Å². The molecule has 0 aliphatic carbocycles. The molecule has 1 unspecified atom stereocenters. The molecular weight excluding hydrogens is 456 g/mol. The van der Waals surface area contributed by atoms with E-state index in [9.17, 15) is 37.5 Å². The maximum atomic E-state index is 12.5. The molecule has 32 heavy (non-hydrogen) atoms. The molecule has 2 rings (SSSR count). The Morgan fingerprint density at radius 3 is 2.41 bits per heavy atom. The van der Waals surface area contributed by atoms with E-state index in [0.29, 0.717) is 4.90 Å². The number of nitrogens with zero attached hydrogens (tertiary/aromatic N) is 6. The molecule has 4 atom stereocenters. The summed E-state index contributed by atoms with van der Waals surface area (Å²) >= 11 is 0. The number of carbonyl (C=O) groups is 5. The number of aliphatic hydroxyl groups is 1. The minimum absolute atomic E-state index is 0.0654. The Kier molecular flexibility index (Phi) is 7.24. The van der Waals surface area contributed by atoms with Gasteiger partial charge >= 0.3 is 28.1 Å². The normalized spacial score (nSPS) is 23.1. The van der Waals surface area contributed by atoms with Crippen molar-refractivity contribution < 1.29 is 42.0 Å². The Morgan fingerprint density at radius 2 is 1.91 bits per heavy atom. The zero-order valence-electron chi connectivity index (χ0n) is 16.8. The molecule has 18 heteroatoms. The van der Waals surface area contributed by atoms with Crippen molar-refractivity contribution in [2.75, 3.05) is 19.6 Å². The topological polar surface area (TPSA) is 242 Å². The van der Waals surface area contributed by atoms with Crippen molar-refractivity contribution in [2.24, 2.45) is 5.11 Å². The molecule has 6 amide bonds. The van der Waals surface area contributed by atoms with Gasteiger partial charge in [0.05, 0.1) is 6.10 Å². The number of azide groups is 1. The second-order valence-electron chi connectivity index (χ2n) is 6.73. The second kappa shape index (κ2) is 9.35. The highest BCUT2D eigenvalue weighted by molar-refractivity contribution is 7.84. The minimum atomic E-state index is -5.08. The van der Waals surface area contributed by atoms with Gasteiger partial charge in [0, 0.05) is 24.5 Å². The number of hydrogen-bond acceptors (Lipinski definition) is 9. The van der Waals surface area contributed by atoms with E-state index in [0.717, 1.165) is 6.92 Å². The number of nitrogens with one attached hydrogen (secondary N) is 2. The number of β-lactam (4-membered cyclic amide) rings is 1. The molecule has 0 aromatic heterocycles. The lowest BCUT2D eigenvalue weighted by atomic mass is 10.1. The summed E-state index contributed by atoms with van der Waals surface area (Å²) in [5.41, 5.74) is 8.53. The molecule has 2 aliphatic rings. The minimum Gasteiger partial charge on any atom is -0.391 e. The Balaban J connectivity index is 2.12. The fraction of sp³-hybridized carbons (Fsp3) is 0.643. The molecule has 2 saturated heterocycles. The van der Waals surface area contributed by atoms with Crippen LogP contribution in [0.3, 0.4) is 0 Å². The van der Waals surface area contributed by atoms with Crippen LogP contribution in [0.15, 0.2) is 5.11 Å². The van der Waals surface area contributed by atoms with Gasteiger partial charge in [0.2, 0.25) is 5.91 Å². The van der Waals surface area contributed by atoms with Gasteiger partial charge in [-0.05, 0) is 19.4 Å². The van der Waals surface area contributed by atoms with Gasteiger partial charge in [0.15, 0.2) is 6.17 Å². The second-order valence-corrected chi connectivity index (χ2v) is 8.02. The summed E-state index contributed by atoms with van der Waals surface area (Å²) in [5.74, 6) is -4.58. The maximum Gasteiger partial charge on any atom is 0.362 e. The SMILES string of the molecule is CCN1CCN(C(=O)NC(C(=O)N[C@@H]2C(=O)N(S(=O)(=O)O)[C@@H]2N=[N+]=[N-])[C@H](C)O)C(=O)C1=O. The molecule has 0 bridgehead atoms. The molecule has 4 N–H and O–H groups in total. The van der Waals surface area contributed by atoms with E-state index in [1.807, 2.05) is 5.32 Å².